The summed E-state index contributed by atoms with van der Waals surface area (Å²) in [5, 5.41) is 3.39. The molecule has 0 aromatic rings. The summed E-state index contributed by atoms with van der Waals surface area (Å²) in [4.78, 5) is 0. The first kappa shape index (κ1) is 15.9. The zero-order valence-corrected chi connectivity index (χ0v) is 11.3. The van der Waals surface area contributed by atoms with Crippen LogP contribution in [0.1, 0.15) is 39.5 Å². The van der Waals surface area contributed by atoms with Gasteiger partial charge in [-0.2, -0.15) is 0 Å². The van der Waals surface area contributed by atoms with Gasteiger partial charge >= 0.3 is 0 Å². The smallest absolute Gasteiger partial charge is 0.0590 e. The van der Waals surface area contributed by atoms with E-state index < -0.39 is 0 Å². The van der Waals surface area contributed by atoms with Crippen molar-refractivity contribution in [3.63, 3.8) is 0 Å². The first-order valence-corrected chi connectivity index (χ1v) is 6.54. The Labute approximate surface area is 101 Å². The van der Waals surface area contributed by atoms with Crippen molar-refractivity contribution in [2.45, 2.75) is 39.5 Å². The molecule has 0 rings (SSSR count). The number of ether oxygens (including phenoxy) is 2. The van der Waals surface area contributed by atoms with Gasteiger partial charge in [-0.25, -0.2) is 0 Å². The minimum Gasteiger partial charge on any atom is -0.385 e. The van der Waals surface area contributed by atoms with E-state index in [0.717, 1.165) is 45.2 Å². The van der Waals surface area contributed by atoms with Gasteiger partial charge < -0.3 is 14.8 Å². The summed E-state index contributed by atoms with van der Waals surface area (Å²) in [6.07, 6.45) is 4.95. The van der Waals surface area contributed by atoms with Gasteiger partial charge in [0.15, 0.2) is 0 Å². The van der Waals surface area contributed by atoms with Crippen LogP contribution in [0.3, 0.4) is 0 Å². The van der Waals surface area contributed by atoms with E-state index in [-0.39, 0.29) is 0 Å². The Morgan fingerprint density at radius 2 is 1.75 bits per heavy atom. The van der Waals surface area contributed by atoms with Crippen LogP contribution in [-0.2, 0) is 9.47 Å². The van der Waals surface area contributed by atoms with Crippen LogP contribution in [0.15, 0.2) is 0 Å². The Balaban J connectivity index is 2.88. The number of unbranched alkanes of at least 4 members (excludes halogenated alkanes) is 1. The normalized spacial score (nSPS) is 11.2. The van der Waals surface area contributed by atoms with Crippen LogP contribution in [0.5, 0.6) is 0 Å². The highest BCUT2D eigenvalue weighted by atomic mass is 16.5. The zero-order valence-electron chi connectivity index (χ0n) is 11.3. The second kappa shape index (κ2) is 12.9. The van der Waals surface area contributed by atoms with E-state index in [0.29, 0.717) is 0 Å². The summed E-state index contributed by atoms with van der Waals surface area (Å²) in [6.45, 7) is 9.06. The highest BCUT2D eigenvalue weighted by Gasteiger charge is 1.94. The molecule has 3 heteroatoms. The van der Waals surface area contributed by atoms with Crippen molar-refractivity contribution in [3.05, 3.63) is 0 Å². The van der Waals surface area contributed by atoms with Gasteiger partial charge in [0.2, 0.25) is 0 Å². The molecule has 0 saturated carbocycles. The Morgan fingerprint density at radius 1 is 0.938 bits per heavy atom. The van der Waals surface area contributed by atoms with E-state index in [1.165, 1.54) is 19.3 Å². The average molecular weight is 231 g/mol. The van der Waals surface area contributed by atoms with E-state index in [2.05, 4.69) is 19.2 Å². The molecular formula is C13H29NO2. The van der Waals surface area contributed by atoms with Gasteiger partial charge in [-0.1, -0.05) is 26.7 Å². The largest absolute Gasteiger partial charge is 0.385 e. The molecule has 0 atom stereocenters. The Kier molecular flexibility index (Phi) is 12.9. The third-order valence-corrected chi connectivity index (χ3v) is 2.45. The molecular weight excluding hydrogens is 202 g/mol. The Morgan fingerprint density at radius 3 is 2.44 bits per heavy atom. The predicted octanol–water partition coefficient (Wildman–Crippen LogP) is 2.46. The summed E-state index contributed by atoms with van der Waals surface area (Å²) in [5.41, 5.74) is 0. The maximum Gasteiger partial charge on any atom is 0.0590 e. The van der Waals surface area contributed by atoms with Crippen molar-refractivity contribution in [1.29, 1.82) is 0 Å². The lowest BCUT2D eigenvalue weighted by Gasteiger charge is -2.07. The summed E-state index contributed by atoms with van der Waals surface area (Å²) in [7, 11) is 1.72. The number of hydrogen-bond donors (Lipinski definition) is 1. The van der Waals surface area contributed by atoms with E-state index >= 15 is 0 Å². The number of nitrogens with one attached hydrogen (secondary N) is 1. The lowest BCUT2D eigenvalue weighted by molar-refractivity contribution is 0.104. The van der Waals surface area contributed by atoms with Gasteiger partial charge in [-0.3, -0.25) is 0 Å². The standard InChI is InChI=1S/C13H29NO2/c1-13(2)7-4-5-8-14-9-12-16-11-6-10-15-3/h13-14H,4-12H2,1-3H3. The van der Waals surface area contributed by atoms with Gasteiger partial charge in [-0.15, -0.1) is 0 Å². The Hall–Kier alpha value is -0.120. The molecule has 0 aromatic heterocycles. The molecule has 0 unspecified atom stereocenters. The minimum absolute atomic E-state index is 0.794. The first-order valence-electron chi connectivity index (χ1n) is 6.54. The maximum atomic E-state index is 5.44. The van der Waals surface area contributed by atoms with Crippen LogP contribution in [0, 0.1) is 5.92 Å². The lowest BCUT2D eigenvalue weighted by atomic mass is 10.1. The molecule has 1 N–H and O–H groups in total. The second-order valence-electron chi connectivity index (χ2n) is 4.60. The van der Waals surface area contributed by atoms with E-state index in [4.69, 9.17) is 9.47 Å². The molecule has 0 aromatic carbocycles. The lowest BCUT2D eigenvalue weighted by Crippen LogP contribution is -2.21. The molecule has 0 spiro atoms. The van der Waals surface area contributed by atoms with Crippen LogP contribution in [0.4, 0.5) is 0 Å². The molecule has 0 heterocycles. The molecule has 0 aliphatic heterocycles. The predicted molar refractivity (Wildman–Crippen MR) is 68.9 cm³/mol. The van der Waals surface area contributed by atoms with E-state index in [1.807, 2.05) is 0 Å². The van der Waals surface area contributed by atoms with Crippen LogP contribution in [-0.4, -0.2) is 40.0 Å². The van der Waals surface area contributed by atoms with E-state index in [1.54, 1.807) is 7.11 Å². The molecule has 3 nitrogen and oxygen atoms in total. The van der Waals surface area contributed by atoms with Crippen LogP contribution < -0.4 is 5.32 Å². The minimum atomic E-state index is 0.794. The van der Waals surface area contributed by atoms with Crippen LogP contribution in [0.25, 0.3) is 0 Å². The fraction of sp³-hybridized carbons (Fsp3) is 1.00. The van der Waals surface area contributed by atoms with Crippen molar-refractivity contribution in [3.8, 4) is 0 Å². The van der Waals surface area contributed by atoms with Gasteiger partial charge in [0.1, 0.15) is 0 Å². The van der Waals surface area contributed by atoms with Crippen molar-refractivity contribution in [1.82, 2.24) is 5.32 Å². The highest BCUT2D eigenvalue weighted by molar-refractivity contribution is 4.50. The third kappa shape index (κ3) is 13.9. The topological polar surface area (TPSA) is 30.5 Å². The summed E-state index contributed by atoms with van der Waals surface area (Å²) in [5.74, 6) is 0.837. The molecule has 0 radical (unpaired) electrons. The number of hydrogen-bond acceptors (Lipinski definition) is 3. The SMILES string of the molecule is COCCCOCCNCCCCC(C)C. The Bertz CT molecular complexity index is 129. The van der Waals surface area contributed by atoms with Gasteiger partial charge in [0.25, 0.3) is 0 Å². The fourth-order valence-electron chi connectivity index (χ4n) is 1.48. The quantitative estimate of drug-likeness (QED) is 0.523. The average Bonchev–Trinajstić information content (AvgIpc) is 2.25. The summed E-state index contributed by atoms with van der Waals surface area (Å²) < 4.78 is 10.4. The molecule has 0 amide bonds. The third-order valence-electron chi connectivity index (χ3n) is 2.45. The van der Waals surface area contributed by atoms with Crippen molar-refractivity contribution in [2.24, 2.45) is 5.92 Å². The van der Waals surface area contributed by atoms with Crippen LogP contribution >= 0.6 is 0 Å². The number of methoxy groups -OCH3 is 1. The molecule has 16 heavy (non-hydrogen) atoms. The van der Waals surface area contributed by atoms with Gasteiger partial charge in [-0.05, 0) is 25.3 Å². The summed E-state index contributed by atoms with van der Waals surface area (Å²) >= 11 is 0. The second-order valence-corrected chi connectivity index (χ2v) is 4.60. The van der Waals surface area contributed by atoms with Gasteiger partial charge in [0.05, 0.1) is 6.61 Å². The fourth-order valence-corrected chi connectivity index (χ4v) is 1.48. The molecule has 98 valence electrons. The molecule has 0 bridgehead atoms. The molecule has 0 saturated heterocycles. The van der Waals surface area contributed by atoms with E-state index in [9.17, 15) is 0 Å². The van der Waals surface area contributed by atoms with Crippen molar-refractivity contribution >= 4 is 0 Å². The van der Waals surface area contributed by atoms with Crippen LogP contribution in [0.2, 0.25) is 0 Å². The number of rotatable bonds is 12. The zero-order chi connectivity index (χ0) is 12.1. The highest BCUT2D eigenvalue weighted by Crippen LogP contribution is 2.04. The molecule has 0 aliphatic rings. The monoisotopic (exact) mass is 231 g/mol. The molecule has 0 fully saturated rings. The molecule has 0 aliphatic carbocycles. The van der Waals surface area contributed by atoms with Crippen molar-refractivity contribution < 1.29 is 9.47 Å². The van der Waals surface area contributed by atoms with Gasteiger partial charge in [0, 0.05) is 26.9 Å². The maximum absolute atomic E-state index is 5.44. The van der Waals surface area contributed by atoms with Crippen molar-refractivity contribution in [2.75, 3.05) is 40.0 Å². The summed E-state index contributed by atoms with van der Waals surface area (Å²) in [6, 6.07) is 0. The first-order chi connectivity index (χ1) is 7.77.